The van der Waals surface area contributed by atoms with Gasteiger partial charge in [0.2, 0.25) is 5.91 Å². The van der Waals surface area contributed by atoms with Gasteiger partial charge in [-0.1, -0.05) is 6.58 Å². The lowest BCUT2D eigenvalue weighted by atomic mass is 9.70. The summed E-state index contributed by atoms with van der Waals surface area (Å²) < 4.78 is 64.0. The van der Waals surface area contributed by atoms with Crippen molar-refractivity contribution in [1.82, 2.24) is 24.8 Å². The third kappa shape index (κ3) is 6.16. The number of pyridine rings is 1. The van der Waals surface area contributed by atoms with Crippen LogP contribution in [0.3, 0.4) is 0 Å². The fourth-order valence-corrected chi connectivity index (χ4v) is 8.79. The number of aromatic nitrogens is 3. The summed E-state index contributed by atoms with van der Waals surface area (Å²) in [6.45, 7) is 5.52. The molecule has 2 N–H and O–H groups in total. The Labute approximate surface area is 280 Å². The highest BCUT2D eigenvalue weighted by molar-refractivity contribution is 7.16. The standard InChI is InChI=1S/C26H26F3N7O2S.C7H12FN/c1-4-17(37)35-8-9-36(13-26(28,29)12-35)23-15-11-32-21(19(27)20(15)33-24(34-23)38-3)25(2)7-5-6-16-18(25)14(10-30)22(31)39-16;8-6-4-7-2-1-3-9(7)5-6/h4,11H,1,5-9,12-13,31H2,2-3H3;6-7H,1-5H2. The van der Waals surface area contributed by atoms with Gasteiger partial charge < -0.3 is 20.3 Å². The van der Waals surface area contributed by atoms with Crippen LogP contribution in [-0.4, -0.2) is 95.2 Å². The van der Waals surface area contributed by atoms with E-state index in [4.69, 9.17) is 10.5 Å². The number of ether oxygens (including phenoxy) is 1. The molecule has 3 saturated heterocycles. The zero-order chi connectivity index (χ0) is 34.4. The first-order valence-electron chi connectivity index (χ1n) is 16.0. The molecule has 0 spiro atoms. The van der Waals surface area contributed by atoms with Crippen molar-refractivity contribution in [2.45, 2.75) is 69.0 Å². The molecular formula is C33H38F4N8O2S. The molecule has 3 fully saturated rings. The Bertz CT molecular complexity index is 1770. The second kappa shape index (κ2) is 13.1. The lowest BCUT2D eigenvalue weighted by molar-refractivity contribution is -0.130. The summed E-state index contributed by atoms with van der Waals surface area (Å²) in [6, 6.07) is 2.57. The van der Waals surface area contributed by atoms with Crippen LogP contribution in [0.15, 0.2) is 18.9 Å². The van der Waals surface area contributed by atoms with E-state index in [-0.39, 0.29) is 41.5 Å². The van der Waals surface area contributed by atoms with Crippen LogP contribution in [-0.2, 0) is 16.6 Å². The molecule has 0 aromatic carbocycles. The smallest absolute Gasteiger partial charge is 0.318 e. The first kappa shape index (κ1) is 33.9. The van der Waals surface area contributed by atoms with E-state index in [2.05, 4.69) is 32.5 Å². The molecule has 3 atom stereocenters. The quantitative estimate of drug-likeness (QED) is 0.299. The largest absolute Gasteiger partial charge is 0.467 e. The van der Waals surface area contributed by atoms with Crippen LogP contribution in [0.5, 0.6) is 6.01 Å². The van der Waals surface area contributed by atoms with Crippen LogP contribution >= 0.6 is 11.3 Å². The van der Waals surface area contributed by atoms with E-state index in [0.29, 0.717) is 35.1 Å². The maximum atomic E-state index is 16.4. The fourth-order valence-electron chi connectivity index (χ4n) is 7.60. The Morgan fingerprint density at radius 3 is 2.75 bits per heavy atom. The number of nitrogen functional groups attached to an aromatic ring is 1. The molecule has 0 bridgehead atoms. The number of nitrogens with two attached hydrogens (primary N) is 1. The number of carbonyl (C=O) groups excluding carboxylic acids is 1. The molecule has 15 heteroatoms. The molecule has 3 aromatic rings. The van der Waals surface area contributed by atoms with Crippen molar-refractivity contribution >= 4 is 39.0 Å². The van der Waals surface area contributed by atoms with Crippen molar-refractivity contribution in [1.29, 1.82) is 5.26 Å². The molecule has 1 aliphatic carbocycles. The summed E-state index contributed by atoms with van der Waals surface area (Å²) >= 11 is 1.33. The number of amides is 1. The van der Waals surface area contributed by atoms with Crippen molar-refractivity contribution in [2.75, 3.05) is 57.0 Å². The summed E-state index contributed by atoms with van der Waals surface area (Å²) in [5, 5.41) is 10.3. The third-order valence-electron chi connectivity index (χ3n) is 9.83. The van der Waals surface area contributed by atoms with Gasteiger partial charge in [0.15, 0.2) is 5.82 Å². The van der Waals surface area contributed by atoms with Gasteiger partial charge in [-0.3, -0.25) is 14.7 Å². The molecule has 10 nitrogen and oxygen atoms in total. The minimum absolute atomic E-state index is 0.00853. The average Bonchev–Trinajstić information content (AvgIpc) is 3.71. The highest BCUT2D eigenvalue weighted by atomic mass is 32.1. The van der Waals surface area contributed by atoms with E-state index in [0.717, 1.165) is 41.7 Å². The molecule has 6 heterocycles. The van der Waals surface area contributed by atoms with Crippen LogP contribution in [0.25, 0.3) is 10.9 Å². The molecule has 48 heavy (non-hydrogen) atoms. The van der Waals surface area contributed by atoms with Crippen LogP contribution in [0.4, 0.5) is 28.4 Å². The number of aryl methyl sites for hydroxylation is 1. The minimum Gasteiger partial charge on any atom is -0.467 e. The normalized spacial score (nSPS) is 25.0. The van der Waals surface area contributed by atoms with E-state index in [9.17, 15) is 23.2 Å². The van der Waals surface area contributed by atoms with Gasteiger partial charge in [-0.15, -0.1) is 11.3 Å². The summed E-state index contributed by atoms with van der Waals surface area (Å²) in [4.78, 5) is 30.6. The highest BCUT2D eigenvalue weighted by Crippen LogP contribution is 2.49. The molecule has 7 rings (SSSR count). The molecule has 0 radical (unpaired) electrons. The van der Waals surface area contributed by atoms with Gasteiger partial charge in [-0.2, -0.15) is 15.2 Å². The molecule has 0 saturated carbocycles. The number of thiophene rings is 1. The van der Waals surface area contributed by atoms with Gasteiger partial charge in [0, 0.05) is 42.2 Å². The number of hydrogen-bond donors (Lipinski definition) is 1. The third-order valence-corrected chi connectivity index (χ3v) is 10.9. The van der Waals surface area contributed by atoms with Gasteiger partial charge >= 0.3 is 6.01 Å². The maximum absolute atomic E-state index is 16.4. The van der Waals surface area contributed by atoms with Crippen LogP contribution < -0.4 is 15.4 Å². The van der Waals surface area contributed by atoms with Crippen molar-refractivity contribution in [3.63, 3.8) is 0 Å². The number of nitrogens with zero attached hydrogens (tertiary/aromatic N) is 7. The van der Waals surface area contributed by atoms with E-state index < -0.39 is 42.3 Å². The Morgan fingerprint density at radius 1 is 1.25 bits per heavy atom. The lowest BCUT2D eigenvalue weighted by Gasteiger charge is -2.34. The van der Waals surface area contributed by atoms with E-state index in [1.54, 1.807) is 0 Å². The number of nitriles is 1. The summed E-state index contributed by atoms with van der Waals surface area (Å²) in [7, 11) is 1.30. The Kier molecular flexibility index (Phi) is 9.25. The van der Waals surface area contributed by atoms with Gasteiger partial charge in [0.05, 0.1) is 36.8 Å². The minimum atomic E-state index is -3.27. The fraction of sp³-hybridized carbons (Fsp3) is 0.545. The van der Waals surface area contributed by atoms with Crippen molar-refractivity contribution < 1.29 is 27.1 Å². The first-order chi connectivity index (χ1) is 22.9. The highest BCUT2D eigenvalue weighted by Gasteiger charge is 2.43. The predicted octanol–water partition coefficient (Wildman–Crippen LogP) is 4.99. The molecular weight excluding hydrogens is 648 g/mol. The van der Waals surface area contributed by atoms with Crippen molar-refractivity contribution in [3.8, 4) is 12.1 Å². The maximum Gasteiger partial charge on any atom is 0.318 e. The SMILES string of the molecule is C=CC(=O)N1CCN(c2nc(OC)nc3c(F)c(C4(C)CCCc5sc(N)c(C#N)c54)ncc23)CC(F)(F)C1.FC1CC2CCCN2C1. The van der Waals surface area contributed by atoms with Crippen molar-refractivity contribution in [3.05, 3.63) is 46.4 Å². The topological polar surface area (TPSA) is 124 Å². The number of fused-ring (bicyclic) bond motifs is 3. The lowest BCUT2D eigenvalue weighted by Crippen LogP contribution is -2.41. The average molecular weight is 687 g/mol. The van der Waals surface area contributed by atoms with Gasteiger partial charge in [0.25, 0.3) is 5.92 Å². The predicted molar refractivity (Wildman–Crippen MR) is 175 cm³/mol. The van der Waals surface area contributed by atoms with Crippen LogP contribution in [0.2, 0.25) is 0 Å². The molecule has 3 aliphatic heterocycles. The second-order valence-corrected chi connectivity index (χ2v) is 14.2. The summed E-state index contributed by atoms with van der Waals surface area (Å²) in [5.41, 5.74) is 6.11. The number of halogens is 4. The summed E-state index contributed by atoms with van der Waals surface area (Å²) in [6.07, 6.45) is 7.18. The number of alkyl halides is 3. The molecule has 3 aromatic heterocycles. The van der Waals surface area contributed by atoms with Gasteiger partial charge in [0.1, 0.15) is 28.6 Å². The number of carbonyl (C=O) groups is 1. The summed E-state index contributed by atoms with van der Waals surface area (Å²) in [5.74, 6) is -4.60. The second-order valence-electron chi connectivity index (χ2n) is 13.0. The molecule has 3 unspecified atom stereocenters. The van der Waals surface area contributed by atoms with Crippen LogP contribution in [0, 0.1) is 17.1 Å². The molecule has 256 valence electrons. The number of anilines is 2. The number of hydrogen-bond acceptors (Lipinski definition) is 10. The number of methoxy groups -OCH3 is 1. The van der Waals surface area contributed by atoms with E-state index >= 15 is 4.39 Å². The first-order valence-corrected chi connectivity index (χ1v) is 16.9. The molecule has 1 amide bonds. The van der Waals surface area contributed by atoms with E-state index in [1.807, 2.05) is 6.92 Å². The van der Waals surface area contributed by atoms with Crippen molar-refractivity contribution in [2.24, 2.45) is 0 Å². The number of rotatable bonds is 4. The Morgan fingerprint density at radius 2 is 2.04 bits per heavy atom. The Hall–Kier alpha value is -4.03. The van der Waals surface area contributed by atoms with Crippen LogP contribution in [0.1, 0.15) is 60.7 Å². The molecule has 4 aliphatic rings. The monoisotopic (exact) mass is 686 g/mol. The zero-order valence-corrected chi connectivity index (χ0v) is 27.8. The van der Waals surface area contributed by atoms with Gasteiger partial charge in [-0.25, -0.2) is 17.6 Å². The van der Waals surface area contributed by atoms with Gasteiger partial charge in [-0.05, 0) is 63.6 Å². The zero-order valence-electron chi connectivity index (χ0n) is 26.9. The van der Waals surface area contributed by atoms with E-state index in [1.165, 1.54) is 42.4 Å². The Balaban J connectivity index is 0.000000381.